The lowest BCUT2D eigenvalue weighted by atomic mass is 10.1. The highest BCUT2D eigenvalue weighted by Crippen LogP contribution is 2.20. The van der Waals surface area contributed by atoms with E-state index < -0.39 is 0 Å². The molecule has 0 saturated heterocycles. The van der Waals surface area contributed by atoms with Gasteiger partial charge in [0.2, 0.25) is 5.91 Å². The second kappa shape index (κ2) is 8.89. The topological polar surface area (TPSA) is 64.0 Å². The van der Waals surface area contributed by atoms with Crippen LogP contribution in [0.25, 0.3) is 0 Å². The third-order valence-electron chi connectivity index (χ3n) is 4.40. The van der Waals surface area contributed by atoms with Crippen LogP contribution in [0.4, 0.5) is 5.69 Å². The van der Waals surface area contributed by atoms with Crippen LogP contribution in [0.5, 0.6) is 0 Å². The normalized spacial score (nSPS) is 10.7. The number of carbonyl (C=O) groups excluding carboxylic acids is 1. The summed E-state index contributed by atoms with van der Waals surface area (Å²) in [6, 6.07) is 17.2. The van der Waals surface area contributed by atoms with Crippen LogP contribution in [-0.4, -0.2) is 15.5 Å². The summed E-state index contributed by atoms with van der Waals surface area (Å²) in [6.07, 6.45) is 0. The molecule has 1 aromatic heterocycles. The molecule has 1 N–H and O–H groups in total. The molecular formula is C22H23N3O2S. The molecule has 0 aliphatic carbocycles. The van der Waals surface area contributed by atoms with E-state index in [4.69, 9.17) is 0 Å². The van der Waals surface area contributed by atoms with Gasteiger partial charge >= 0.3 is 0 Å². The monoisotopic (exact) mass is 393 g/mol. The van der Waals surface area contributed by atoms with E-state index in [-0.39, 0.29) is 18.0 Å². The largest absolute Gasteiger partial charge is 0.325 e. The zero-order chi connectivity index (χ0) is 20.1. The third-order valence-corrected chi connectivity index (χ3v) is 5.45. The number of rotatable bonds is 6. The molecule has 0 unspecified atom stereocenters. The highest BCUT2D eigenvalue weighted by atomic mass is 32.2. The van der Waals surface area contributed by atoms with Crippen LogP contribution >= 0.6 is 11.8 Å². The van der Waals surface area contributed by atoms with E-state index in [2.05, 4.69) is 10.3 Å². The smallest absolute Gasteiger partial charge is 0.254 e. The number of hydrogen-bond acceptors (Lipinski definition) is 4. The molecule has 0 spiro atoms. The van der Waals surface area contributed by atoms with Gasteiger partial charge in [-0.15, -0.1) is 0 Å². The zero-order valence-electron chi connectivity index (χ0n) is 16.2. The molecule has 0 fully saturated rings. The summed E-state index contributed by atoms with van der Waals surface area (Å²) in [5, 5.41) is 3.41. The van der Waals surface area contributed by atoms with Crippen molar-refractivity contribution in [3.8, 4) is 0 Å². The second-order valence-corrected chi connectivity index (χ2v) is 7.67. The average molecular weight is 394 g/mol. The predicted octanol–water partition coefficient (Wildman–Crippen LogP) is 4.10. The van der Waals surface area contributed by atoms with Crippen molar-refractivity contribution < 1.29 is 4.79 Å². The first-order valence-electron chi connectivity index (χ1n) is 9.04. The molecule has 28 heavy (non-hydrogen) atoms. The maximum absolute atomic E-state index is 12.5. The summed E-state index contributed by atoms with van der Waals surface area (Å²) in [5.74, 6) is 0.424. The molecule has 0 aliphatic heterocycles. The minimum Gasteiger partial charge on any atom is -0.325 e. The van der Waals surface area contributed by atoms with Gasteiger partial charge in [0.25, 0.3) is 5.56 Å². The number of nitrogens with zero attached hydrogens (tertiary/aromatic N) is 2. The molecule has 1 amide bonds. The number of amides is 1. The Balaban J connectivity index is 1.77. The van der Waals surface area contributed by atoms with Crippen molar-refractivity contribution in [1.29, 1.82) is 0 Å². The standard InChI is InChI=1S/C22H23N3O2S/c1-15-9-10-19(11-16(15)2)24-20(26)13-25-21(27)12-17(3)23-22(25)28-14-18-7-5-4-6-8-18/h4-12H,13-14H2,1-3H3,(H,24,26). The van der Waals surface area contributed by atoms with E-state index in [9.17, 15) is 9.59 Å². The number of aromatic nitrogens is 2. The summed E-state index contributed by atoms with van der Waals surface area (Å²) in [7, 11) is 0. The quantitative estimate of drug-likeness (QED) is 0.506. The van der Waals surface area contributed by atoms with Crippen LogP contribution in [0.15, 0.2) is 64.5 Å². The van der Waals surface area contributed by atoms with Crippen LogP contribution in [0.2, 0.25) is 0 Å². The van der Waals surface area contributed by atoms with Gasteiger partial charge in [-0.3, -0.25) is 14.2 Å². The Hall–Kier alpha value is -2.86. The van der Waals surface area contributed by atoms with E-state index in [1.807, 2.05) is 62.4 Å². The van der Waals surface area contributed by atoms with Gasteiger partial charge in [-0.2, -0.15) is 0 Å². The lowest BCUT2D eigenvalue weighted by Crippen LogP contribution is -2.29. The van der Waals surface area contributed by atoms with E-state index in [1.165, 1.54) is 22.4 Å². The van der Waals surface area contributed by atoms with Gasteiger partial charge < -0.3 is 5.32 Å². The van der Waals surface area contributed by atoms with Crippen LogP contribution in [0, 0.1) is 20.8 Å². The Morgan fingerprint density at radius 2 is 1.79 bits per heavy atom. The maximum atomic E-state index is 12.5. The number of hydrogen-bond donors (Lipinski definition) is 1. The van der Waals surface area contributed by atoms with Gasteiger partial charge in [-0.25, -0.2) is 4.98 Å². The first-order chi connectivity index (χ1) is 13.4. The van der Waals surface area contributed by atoms with Gasteiger partial charge in [0.1, 0.15) is 6.54 Å². The van der Waals surface area contributed by atoms with Crippen LogP contribution in [0.1, 0.15) is 22.4 Å². The molecule has 5 nitrogen and oxygen atoms in total. The van der Waals surface area contributed by atoms with Crippen molar-refractivity contribution in [2.75, 3.05) is 5.32 Å². The van der Waals surface area contributed by atoms with E-state index in [0.29, 0.717) is 16.6 Å². The first-order valence-corrected chi connectivity index (χ1v) is 10.0. The zero-order valence-corrected chi connectivity index (χ0v) is 17.0. The highest BCUT2D eigenvalue weighted by Gasteiger charge is 2.13. The van der Waals surface area contributed by atoms with Crippen LogP contribution in [0.3, 0.4) is 0 Å². The molecule has 0 saturated carbocycles. The Bertz CT molecular complexity index is 1050. The van der Waals surface area contributed by atoms with Crippen molar-refractivity contribution >= 4 is 23.4 Å². The second-order valence-electron chi connectivity index (χ2n) is 6.73. The van der Waals surface area contributed by atoms with E-state index in [1.54, 1.807) is 6.92 Å². The molecule has 144 valence electrons. The Kier molecular flexibility index (Phi) is 6.31. The molecule has 2 aromatic carbocycles. The lowest BCUT2D eigenvalue weighted by molar-refractivity contribution is -0.116. The van der Waals surface area contributed by atoms with Crippen molar-refractivity contribution in [2.24, 2.45) is 0 Å². The van der Waals surface area contributed by atoms with E-state index >= 15 is 0 Å². The number of benzene rings is 2. The first kappa shape index (κ1) is 19.9. The van der Waals surface area contributed by atoms with Gasteiger partial charge in [0.05, 0.1) is 0 Å². The van der Waals surface area contributed by atoms with Crippen molar-refractivity contribution in [3.63, 3.8) is 0 Å². The number of thioether (sulfide) groups is 1. The average Bonchev–Trinajstić information content (AvgIpc) is 2.66. The number of aryl methyl sites for hydroxylation is 3. The Morgan fingerprint density at radius 3 is 2.50 bits per heavy atom. The molecule has 0 atom stereocenters. The maximum Gasteiger partial charge on any atom is 0.254 e. The minimum atomic E-state index is -0.252. The van der Waals surface area contributed by atoms with E-state index in [0.717, 1.165) is 22.4 Å². The molecule has 0 aliphatic rings. The summed E-state index contributed by atoms with van der Waals surface area (Å²) >= 11 is 1.45. The summed E-state index contributed by atoms with van der Waals surface area (Å²) in [4.78, 5) is 29.5. The fraction of sp³-hybridized carbons (Fsp3) is 0.227. The third kappa shape index (κ3) is 5.10. The Morgan fingerprint density at radius 1 is 1.04 bits per heavy atom. The SMILES string of the molecule is Cc1cc(=O)n(CC(=O)Nc2ccc(C)c(C)c2)c(SCc2ccccc2)n1. The van der Waals surface area contributed by atoms with Crippen LogP contribution < -0.4 is 10.9 Å². The fourth-order valence-corrected chi connectivity index (χ4v) is 3.74. The molecule has 6 heteroatoms. The summed E-state index contributed by atoms with van der Waals surface area (Å²) in [5.41, 5.74) is 4.54. The van der Waals surface area contributed by atoms with Gasteiger partial charge in [-0.05, 0) is 49.6 Å². The summed E-state index contributed by atoms with van der Waals surface area (Å²) < 4.78 is 1.43. The predicted molar refractivity (Wildman–Crippen MR) is 114 cm³/mol. The molecule has 3 rings (SSSR count). The molecular weight excluding hydrogens is 370 g/mol. The molecule has 3 aromatic rings. The number of anilines is 1. The van der Waals surface area contributed by atoms with Gasteiger partial charge in [0.15, 0.2) is 5.16 Å². The minimum absolute atomic E-state index is 0.0733. The van der Waals surface area contributed by atoms with Crippen LogP contribution in [-0.2, 0) is 17.1 Å². The molecule has 1 heterocycles. The van der Waals surface area contributed by atoms with Gasteiger partial charge in [-0.1, -0.05) is 48.2 Å². The number of nitrogens with one attached hydrogen (secondary N) is 1. The molecule has 0 radical (unpaired) electrons. The van der Waals surface area contributed by atoms with Crippen molar-refractivity contribution in [3.05, 3.63) is 87.3 Å². The Labute approximate surface area is 168 Å². The lowest BCUT2D eigenvalue weighted by Gasteiger charge is -2.13. The van der Waals surface area contributed by atoms with Crippen molar-refractivity contribution in [2.45, 2.75) is 38.2 Å². The molecule has 0 bridgehead atoms. The summed E-state index contributed by atoms with van der Waals surface area (Å²) in [6.45, 7) is 5.73. The fourth-order valence-electron chi connectivity index (χ4n) is 2.74. The highest BCUT2D eigenvalue weighted by molar-refractivity contribution is 7.98. The number of carbonyl (C=O) groups is 1. The van der Waals surface area contributed by atoms with Gasteiger partial charge in [0, 0.05) is 23.2 Å². The van der Waals surface area contributed by atoms with Crippen molar-refractivity contribution in [1.82, 2.24) is 9.55 Å².